The quantitative estimate of drug-likeness (QED) is 0.861. The van der Waals surface area contributed by atoms with Gasteiger partial charge in [-0.2, -0.15) is 5.10 Å². The average molecular weight is 308 g/mol. The van der Waals surface area contributed by atoms with Crippen LogP contribution in [-0.4, -0.2) is 26.9 Å². The van der Waals surface area contributed by atoms with Crippen LogP contribution in [0.25, 0.3) is 5.69 Å². The number of hydrogen-bond donors (Lipinski definition) is 2. The second-order valence-corrected chi connectivity index (χ2v) is 5.65. The Morgan fingerprint density at radius 3 is 2.62 bits per heavy atom. The van der Waals surface area contributed by atoms with Gasteiger partial charge in [0.05, 0.1) is 11.9 Å². The molecule has 112 valence electrons. The number of halogens is 1. The minimum atomic E-state index is -0.838. The lowest BCUT2D eigenvalue weighted by molar-refractivity contribution is -0.140. The van der Waals surface area contributed by atoms with E-state index in [1.165, 1.54) is 0 Å². The molecule has 0 aliphatic rings. The van der Waals surface area contributed by atoms with E-state index in [1.807, 2.05) is 32.2 Å². The van der Waals surface area contributed by atoms with E-state index >= 15 is 0 Å². The van der Waals surface area contributed by atoms with Gasteiger partial charge in [-0.15, -0.1) is 0 Å². The van der Waals surface area contributed by atoms with Crippen LogP contribution in [0.5, 0.6) is 0 Å². The van der Waals surface area contributed by atoms with Crippen molar-refractivity contribution in [3.05, 3.63) is 47.2 Å². The number of aliphatic carboxylic acids is 1. The monoisotopic (exact) mass is 307 g/mol. The molecule has 2 rings (SSSR count). The van der Waals surface area contributed by atoms with E-state index in [1.54, 1.807) is 23.0 Å². The summed E-state index contributed by atoms with van der Waals surface area (Å²) in [5.74, 6) is -0.816. The molecule has 0 unspecified atom stereocenters. The van der Waals surface area contributed by atoms with Gasteiger partial charge in [0, 0.05) is 23.3 Å². The molecule has 0 saturated heterocycles. The molecule has 0 radical (unpaired) electrons. The van der Waals surface area contributed by atoms with Crippen LogP contribution >= 0.6 is 11.6 Å². The van der Waals surface area contributed by atoms with Crippen molar-refractivity contribution in [3.8, 4) is 5.69 Å². The normalized spacial score (nSPS) is 12.6. The molecule has 0 aliphatic carbocycles. The van der Waals surface area contributed by atoms with Crippen LogP contribution in [0.2, 0.25) is 5.02 Å². The van der Waals surface area contributed by atoms with Crippen LogP contribution in [0.3, 0.4) is 0 Å². The highest BCUT2D eigenvalue weighted by atomic mass is 35.5. The lowest BCUT2D eigenvalue weighted by Crippen LogP contribution is -2.40. The summed E-state index contributed by atoms with van der Waals surface area (Å²) in [6.45, 7) is 4.22. The molecule has 0 fully saturated rings. The molecule has 1 aromatic carbocycles. The summed E-state index contributed by atoms with van der Waals surface area (Å²) in [7, 11) is 0. The summed E-state index contributed by atoms with van der Waals surface area (Å²) in [6.07, 6.45) is 3.59. The Kier molecular flexibility index (Phi) is 4.98. The lowest BCUT2D eigenvalue weighted by atomic mass is 10.0. The van der Waals surface area contributed by atoms with Gasteiger partial charge >= 0.3 is 5.97 Å². The highest BCUT2D eigenvalue weighted by molar-refractivity contribution is 6.30. The van der Waals surface area contributed by atoms with Gasteiger partial charge in [0.2, 0.25) is 0 Å². The Bertz CT molecular complexity index is 608. The van der Waals surface area contributed by atoms with E-state index in [4.69, 9.17) is 16.7 Å². The van der Waals surface area contributed by atoms with Gasteiger partial charge in [-0.05, 0) is 30.2 Å². The number of hydrogen-bond acceptors (Lipinski definition) is 3. The zero-order valence-electron chi connectivity index (χ0n) is 12.0. The highest BCUT2D eigenvalue weighted by Crippen LogP contribution is 2.13. The topological polar surface area (TPSA) is 67.2 Å². The van der Waals surface area contributed by atoms with Crippen molar-refractivity contribution in [1.29, 1.82) is 0 Å². The van der Waals surface area contributed by atoms with Crippen molar-refractivity contribution in [2.24, 2.45) is 5.92 Å². The Labute approximate surface area is 128 Å². The van der Waals surface area contributed by atoms with Gasteiger partial charge in [0.25, 0.3) is 0 Å². The van der Waals surface area contributed by atoms with Crippen LogP contribution in [0.4, 0.5) is 0 Å². The fraction of sp³-hybridized carbons (Fsp3) is 0.333. The Morgan fingerprint density at radius 2 is 2.05 bits per heavy atom. The Morgan fingerprint density at radius 1 is 1.38 bits per heavy atom. The number of nitrogens with zero attached hydrogens (tertiary/aromatic N) is 2. The fourth-order valence-electron chi connectivity index (χ4n) is 2.02. The molecule has 2 N–H and O–H groups in total. The molecule has 1 aromatic heterocycles. The molecule has 0 saturated carbocycles. The highest BCUT2D eigenvalue weighted by Gasteiger charge is 2.20. The van der Waals surface area contributed by atoms with Crippen LogP contribution in [0.1, 0.15) is 19.4 Å². The summed E-state index contributed by atoms with van der Waals surface area (Å²) in [5, 5.41) is 17.1. The zero-order chi connectivity index (χ0) is 15.4. The summed E-state index contributed by atoms with van der Waals surface area (Å²) in [4.78, 5) is 11.1. The molecule has 0 spiro atoms. The first kappa shape index (κ1) is 15.5. The van der Waals surface area contributed by atoms with E-state index in [0.29, 0.717) is 11.6 Å². The third-order valence-corrected chi connectivity index (χ3v) is 3.44. The molecule has 21 heavy (non-hydrogen) atoms. The molecule has 2 aromatic rings. The minimum Gasteiger partial charge on any atom is -0.480 e. The predicted octanol–water partition coefficient (Wildman–Crippen LogP) is 2.72. The van der Waals surface area contributed by atoms with Gasteiger partial charge in [-0.25, -0.2) is 4.68 Å². The molecular formula is C15H18ClN3O2. The summed E-state index contributed by atoms with van der Waals surface area (Å²) < 4.78 is 1.73. The number of carboxylic acids is 1. The average Bonchev–Trinajstić information content (AvgIpc) is 2.87. The van der Waals surface area contributed by atoms with E-state index in [0.717, 1.165) is 11.3 Å². The van der Waals surface area contributed by atoms with E-state index < -0.39 is 12.0 Å². The molecule has 1 atom stereocenters. The van der Waals surface area contributed by atoms with Crippen LogP contribution in [0, 0.1) is 5.92 Å². The van der Waals surface area contributed by atoms with Crippen LogP contribution in [0.15, 0.2) is 36.7 Å². The number of benzene rings is 1. The molecule has 0 amide bonds. The van der Waals surface area contributed by atoms with Crippen molar-refractivity contribution in [2.75, 3.05) is 0 Å². The standard InChI is InChI=1S/C15H18ClN3O2/c1-10(2)14(15(20)21)17-7-11-8-18-19(9-11)13-5-3-12(16)4-6-13/h3-6,8-10,14,17H,7H2,1-2H3,(H,20,21)/t14-/m1/s1. The number of carbonyl (C=O) groups is 1. The maximum atomic E-state index is 11.1. The third-order valence-electron chi connectivity index (χ3n) is 3.19. The second kappa shape index (κ2) is 6.74. The first-order chi connectivity index (χ1) is 9.97. The van der Waals surface area contributed by atoms with Gasteiger partial charge in [0.1, 0.15) is 6.04 Å². The maximum absolute atomic E-state index is 11.1. The number of aromatic nitrogens is 2. The second-order valence-electron chi connectivity index (χ2n) is 5.21. The van der Waals surface area contributed by atoms with Gasteiger partial charge in [-0.3, -0.25) is 10.1 Å². The zero-order valence-corrected chi connectivity index (χ0v) is 12.7. The van der Waals surface area contributed by atoms with Crippen molar-refractivity contribution < 1.29 is 9.90 Å². The lowest BCUT2D eigenvalue weighted by Gasteiger charge is -2.17. The molecule has 5 nitrogen and oxygen atoms in total. The Hall–Kier alpha value is -1.85. The number of carboxylic acid groups (broad SMARTS) is 1. The van der Waals surface area contributed by atoms with Crippen molar-refractivity contribution >= 4 is 17.6 Å². The van der Waals surface area contributed by atoms with E-state index in [2.05, 4.69) is 10.4 Å². The van der Waals surface area contributed by atoms with Crippen molar-refractivity contribution in [1.82, 2.24) is 15.1 Å². The molecule has 6 heteroatoms. The van der Waals surface area contributed by atoms with Crippen LogP contribution < -0.4 is 5.32 Å². The van der Waals surface area contributed by atoms with E-state index in [9.17, 15) is 4.79 Å². The summed E-state index contributed by atoms with van der Waals surface area (Å²) in [6, 6.07) is 6.79. The summed E-state index contributed by atoms with van der Waals surface area (Å²) >= 11 is 5.85. The molecular weight excluding hydrogens is 290 g/mol. The smallest absolute Gasteiger partial charge is 0.320 e. The van der Waals surface area contributed by atoms with Crippen molar-refractivity contribution in [2.45, 2.75) is 26.4 Å². The first-order valence-electron chi connectivity index (χ1n) is 6.73. The Balaban J connectivity index is 2.03. The van der Waals surface area contributed by atoms with Crippen LogP contribution in [-0.2, 0) is 11.3 Å². The van der Waals surface area contributed by atoms with E-state index in [-0.39, 0.29) is 5.92 Å². The van der Waals surface area contributed by atoms with Gasteiger partial charge in [-0.1, -0.05) is 25.4 Å². The van der Waals surface area contributed by atoms with Gasteiger partial charge in [0.15, 0.2) is 0 Å². The molecule has 0 aliphatic heterocycles. The van der Waals surface area contributed by atoms with Gasteiger partial charge < -0.3 is 5.11 Å². The first-order valence-corrected chi connectivity index (χ1v) is 7.11. The fourth-order valence-corrected chi connectivity index (χ4v) is 2.15. The molecule has 1 heterocycles. The third kappa shape index (κ3) is 4.06. The predicted molar refractivity (Wildman–Crippen MR) is 81.7 cm³/mol. The minimum absolute atomic E-state index is 0.0220. The largest absolute Gasteiger partial charge is 0.480 e. The molecule has 0 bridgehead atoms. The maximum Gasteiger partial charge on any atom is 0.320 e. The SMILES string of the molecule is CC(C)[C@@H](NCc1cnn(-c2ccc(Cl)cc2)c1)C(=O)O. The van der Waals surface area contributed by atoms with Crippen molar-refractivity contribution in [3.63, 3.8) is 0 Å². The summed E-state index contributed by atoms with van der Waals surface area (Å²) in [5.41, 5.74) is 1.83. The number of nitrogens with one attached hydrogen (secondary N) is 1. The number of rotatable bonds is 6.